The number of nitrogens with zero attached hydrogens (tertiary/aromatic N) is 3. The van der Waals surface area contributed by atoms with Gasteiger partial charge in [0.2, 0.25) is 13.2 Å². The molecule has 5 rings (SSSR count). The summed E-state index contributed by atoms with van der Waals surface area (Å²) in [6.07, 6.45) is 8.14. The van der Waals surface area contributed by atoms with Crippen molar-refractivity contribution in [3.05, 3.63) is 48.3 Å². The molecule has 8 nitrogen and oxygen atoms in total. The van der Waals surface area contributed by atoms with E-state index in [0.29, 0.717) is 6.54 Å². The highest BCUT2D eigenvalue weighted by molar-refractivity contribution is 5.94. The molecular weight excluding hydrogens is 466 g/mol. The zero-order chi connectivity index (χ0) is 26.6. The Labute approximate surface area is 220 Å². The Morgan fingerprint density at radius 2 is 1.86 bits per heavy atom. The van der Waals surface area contributed by atoms with Crippen LogP contribution in [0.2, 0.25) is 0 Å². The number of aromatic nitrogens is 2. The van der Waals surface area contributed by atoms with E-state index in [0.717, 1.165) is 59.0 Å². The van der Waals surface area contributed by atoms with Gasteiger partial charge < -0.3 is 29.6 Å². The van der Waals surface area contributed by atoms with Gasteiger partial charge in [0, 0.05) is 42.1 Å². The van der Waals surface area contributed by atoms with Crippen LogP contribution in [0.3, 0.4) is 0 Å². The lowest BCUT2D eigenvalue weighted by Gasteiger charge is -2.21. The number of amides is 1. The first-order valence-electron chi connectivity index (χ1n) is 13.3. The molecule has 0 atom stereocenters. The van der Waals surface area contributed by atoms with Crippen LogP contribution in [0.5, 0.6) is 11.5 Å². The zero-order valence-electron chi connectivity index (χ0n) is 22.8. The van der Waals surface area contributed by atoms with Gasteiger partial charge in [0.05, 0.1) is 5.69 Å². The molecular formula is C29H41N5O3. The largest absolute Gasteiger partial charge is 0.454 e. The number of nitrogens with one attached hydrogen (secondary N) is 2. The first-order chi connectivity index (χ1) is 18.1. The lowest BCUT2D eigenvalue weighted by atomic mass is 10.1. The number of aromatic amines is 1. The highest BCUT2D eigenvalue weighted by Crippen LogP contribution is 2.36. The van der Waals surface area contributed by atoms with Crippen molar-refractivity contribution in [2.45, 2.75) is 47.0 Å². The second-order valence-electron chi connectivity index (χ2n) is 8.88. The highest BCUT2D eigenvalue weighted by atomic mass is 16.7. The smallest absolute Gasteiger partial charge is 0.231 e. The summed E-state index contributed by atoms with van der Waals surface area (Å²) in [5, 5.41) is 4.46. The minimum absolute atomic E-state index is 0.260. The van der Waals surface area contributed by atoms with Crippen molar-refractivity contribution in [3.63, 3.8) is 0 Å². The van der Waals surface area contributed by atoms with Crippen molar-refractivity contribution >= 4 is 34.4 Å². The normalized spacial score (nSPS) is 13.9. The molecule has 4 heterocycles. The number of carbonyl (C=O) groups is 1. The first-order valence-corrected chi connectivity index (χ1v) is 13.3. The molecule has 3 aromatic rings. The van der Waals surface area contributed by atoms with Crippen molar-refractivity contribution in [2.24, 2.45) is 0 Å². The van der Waals surface area contributed by atoms with Gasteiger partial charge in [-0.15, -0.1) is 0 Å². The fraction of sp³-hybridized carbons (Fsp3) is 0.448. The quantitative estimate of drug-likeness (QED) is 0.362. The minimum Gasteiger partial charge on any atom is -0.454 e. The van der Waals surface area contributed by atoms with Crippen LogP contribution in [0.4, 0.5) is 11.4 Å². The fourth-order valence-corrected chi connectivity index (χ4v) is 4.34. The third-order valence-electron chi connectivity index (χ3n) is 6.13. The van der Waals surface area contributed by atoms with Gasteiger partial charge in [-0.3, -0.25) is 4.79 Å². The Hall–Kier alpha value is -3.52. The number of H-pyrrole nitrogens is 1. The van der Waals surface area contributed by atoms with Gasteiger partial charge in [-0.05, 0) is 69.2 Å². The van der Waals surface area contributed by atoms with E-state index < -0.39 is 0 Å². The molecule has 0 fully saturated rings. The molecule has 8 heteroatoms. The molecule has 200 valence electrons. The summed E-state index contributed by atoms with van der Waals surface area (Å²) >= 11 is 0. The monoisotopic (exact) mass is 507 g/mol. The summed E-state index contributed by atoms with van der Waals surface area (Å²) in [6.45, 7) is 12.6. The van der Waals surface area contributed by atoms with E-state index in [1.807, 2.05) is 38.1 Å². The molecule has 0 bridgehead atoms. The third kappa shape index (κ3) is 7.49. The van der Waals surface area contributed by atoms with Crippen LogP contribution in [0.15, 0.2) is 42.6 Å². The molecule has 1 aromatic carbocycles. The SMILES string of the molecule is CC.CCCN(C)CCC.O=CN1CC=C(c2cc3c(Nc4ccc5c(c4)OCO5)ccnc3[nH]2)CC1. The van der Waals surface area contributed by atoms with Gasteiger partial charge in [-0.1, -0.05) is 33.8 Å². The van der Waals surface area contributed by atoms with E-state index in [9.17, 15) is 4.79 Å². The van der Waals surface area contributed by atoms with Gasteiger partial charge in [-0.2, -0.15) is 0 Å². The molecule has 1 amide bonds. The van der Waals surface area contributed by atoms with Crippen LogP contribution in [-0.4, -0.2) is 66.2 Å². The van der Waals surface area contributed by atoms with Gasteiger partial charge in [0.15, 0.2) is 11.5 Å². The maximum absolute atomic E-state index is 10.9. The number of hydrogen-bond acceptors (Lipinski definition) is 6. The number of rotatable bonds is 8. The number of ether oxygens (including phenoxy) is 2. The molecule has 2 aliphatic heterocycles. The lowest BCUT2D eigenvalue weighted by molar-refractivity contribution is -0.117. The molecule has 0 radical (unpaired) electrons. The first kappa shape index (κ1) is 28.1. The van der Waals surface area contributed by atoms with E-state index in [1.54, 1.807) is 11.1 Å². The molecule has 0 saturated carbocycles. The Morgan fingerprint density at radius 1 is 1.11 bits per heavy atom. The van der Waals surface area contributed by atoms with Gasteiger partial charge in [0.25, 0.3) is 0 Å². The van der Waals surface area contributed by atoms with Crippen LogP contribution in [-0.2, 0) is 4.79 Å². The predicted molar refractivity (Wildman–Crippen MR) is 152 cm³/mol. The number of hydrogen-bond donors (Lipinski definition) is 2. The fourth-order valence-electron chi connectivity index (χ4n) is 4.34. The number of fused-ring (bicyclic) bond motifs is 2. The topological polar surface area (TPSA) is 82.7 Å². The lowest BCUT2D eigenvalue weighted by Crippen LogP contribution is -2.26. The number of carbonyl (C=O) groups excluding carboxylic acids is 1. The van der Waals surface area contributed by atoms with E-state index >= 15 is 0 Å². The summed E-state index contributed by atoms with van der Waals surface area (Å²) in [5.41, 5.74) is 4.97. The number of anilines is 2. The predicted octanol–water partition coefficient (Wildman–Crippen LogP) is 6.05. The third-order valence-corrected chi connectivity index (χ3v) is 6.13. The van der Waals surface area contributed by atoms with Crippen molar-refractivity contribution in [1.29, 1.82) is 0 Å². The molecule has 37 heavy (non-hydrogen) atoms. The molecule has 0 saturated heterocycles. The Balaban J connectivity index is 0.000000329. The molecule has 0 unspecified atom stereocenters. The Morgan fingerprint density at radius 3 is 2.54 bits per heavy atom. The molecule has 2 aromatic heterocycles. The standard InChI is InChI=1S/C20H18N4O3.C7H17N.C2H6/c25-11-24-7-4-13(5-8-24)17-10-15-16(3-6-21-20(15)23-17)22-14-1-2-18-19(9-14)27-12-26-18;1-4-6-8(3)7-5-2;1-2/h1-4,6,9-11H,5,7-8,12H2,(H2,21,22,23);4-7H2,1-3H3;1-2H3. The van der Waals surface area contributed by atoms with E-state index in [1.165, 1.54) is 31.5 Å². The zero-order valence-corrected chi connectivity index (χ0v) is 22.8. The second-order valence-corrected chi connectivity index (χ2v) is 8.88. The summed E-state index contributed by atoms with van der Waals surface area (Å²) in [6, 6.07) is 9.86. The Kier molecular flexibility index (Phi) is 10.8. The summed E-state index contributed by atoms with van der Waals surface area (Å²) in [4.78, 5) is 22.9. The maximum Gasteiger partial charge on any atom is 0.231 e. The van der Waals surface area contributed by atoms with Crippen molar-refractivity contribution in [1.82, 2.24) is 19.8 Å². The van der Waals surface area contributed by atoms with Gasteiger partial charge in [0.1, 0.15) is 5.65 Å². The molecule has 0 aliphatic carbocycles. The average Bonchev–Trinajstić information content (AvgIpc) is 3.58. The van der Waals surface area contributed by atoms with Crippen LogP contribution >= 0.6 is 0 Å². The van der Waals surface area contributed by atoms with Crippen molar-refractivity contribution in [3.8, 4) is 11.5 Å². The second kappa shape index (κ2) is 14.3. The summed E-state index contributed by atoms with van der Waals surface area (Å²) < 4.78 is 10.8. The summed E-state index contributed by atoms with van der Waals surface area (Å²) in [5.74, 6) is 1.50. The van der Waals surface area contributed by atoms with E-state index in [2.05, 4.69) is 53.2 Å². The van der Waals surface area contributed by atoms with E-state index in [-0.39, 0.29) is 6.79 Å². The van der Waals surface area contributed by atoms with Crippen molar-refractivity contribution in [2.75, 3.05) is 45.3 Å². The molecule has 0 spiro atoms. The average molecular weight is 508 g/mol. The maximum atomic E-state index is 10.9. The van der Waals surface area contributed by atoms with Crippen LogP contribution < -0.4 is 14.8 Å². The van der Waals surface area contributed by atoms with E-state index in [4.69, 9.17) is 9.47 Å². The van der Waals surface area contributed by atoms with Crippen LogP contribution in [0.25, 0.3) is 16.6 Å². The van der Waals surface area contributed by atoms with Gasteiger partial charge >= 0.3 is 0 Å². The van der Waals surface area contributed by atoms with Crippen molar-refractivity contribution < 1.29 is 14.3 Å². The van der Waals surface area contributed by atoms with Crippen LogP contribution in [0, 0.1) is 0 Å². The van der Waals surface area contributed by atoms with Crippen LogP contribution in [0.1, 0.15) is 52.7 Å². The molecule has 2 aliphatic rings. The summed E-state index contributed by atoms with van der Waals surface area (Å²) in [7, 11) is 2.17. The van der Waals surface area contributed by atoms with Gasteiger partial charge in [-0.25, -0.2) is 4.98 Å². The number of pyridine rings is 1. The minimum atomic E-state index is 0.260. The highest BCUT2D eigenvalue weighted by Gasteiger charge is 2.16. The molecule has 2 N–H and O–H groups in total. The number of benzene rings is 1. The Bertz CT molecular complexity index is 1170.